The number of tetrazole rings is 1. The molecule has 8 nitrogen and oxygen atoms in total. The van der Waals surface area contributed by atoms with Crippen molar-refractivity contribution in [3.8, 4) is 5.69 Å². The fourth-order valence-electron chi connectivity index (χ4n) is 1.78. The van der Waals surface area contributed by atoms with Gasteiger partial charge in [0.15, 0.2) is 0 Å². The lowest BCUT2D eigenvalue weighted by molar-refractivity contribution is 0.102. The molecule has 3 aromatic rings. The SMILES string of the molecule is O=C(Nc1cccc(-n2cnnn2)c1)c1cccc(=O)[nH]1. The highest BCUT2D eigenvalue weighted by molar-refractivity contribution is 6.02. The van der Waals surface area contributed by atoms with Gasteiger partial charge >= 0.3 is 0 Å². The first-order valence-corrected chi connectivity index (χ1v) is 6.06. The zero-order valence-corrected chi connectivity index (χ0v) is 10.7. The minimum atomic E-state index is -0.401. The van der Waals surface area contributed by atoms with Gasteiger partial charge in [0, 0.05) is 11.8 Å². The number of anilines is 1. The number of hydrogen-bond acceptors (Lipinski definition) is 5. The molecule has 104 valence electrons. The Morgan fingerprint density at radius 3 is 2.81 bits per heavy atom. The summed E-state index contributed by atoms with van der Waals surface area (Å²) < 4.78 is 1.47. The Morgan fingerprint density at radius 2 is 2.05 bits per heavy atom. The molecule has 0 aliphatic carbocycles. The molecule has 0 radical (unpaired) electrons. The van der Waals surface area contributed by atoms with Crippen LogP contribution in [0.3, 0.4) is 0 Å². The number of hydrogen-bond donors (Lipinski definition) is 2. The van der Waals surface area contributed by atoms with Crippen LogP contribution in [-0.2, 0) is 0 Å². The first-order chi connectivity index (χ1) is 10.2. The van der Waals surface area contributed by atoms with Gasteiger partial charge in [-0.3, -0.25) is 9.59 Å². The van der Waals surface area contributed by atoms with E-state index in [4.69, 9.17) is 0 Å². The maximum atomic E-state index is 12.0. The van der Waals surface area contributed by atoms with Gasteiger partial charge in [-0.25, -0.2) is 4.68 Å². The van der Waals surface area contributed by atoms with Gasteiger partial charge in [0.2, 0.25) is 5.56 Å². The van der Waals surface area contributed by atoms with Crippen LogP contribution in [0.15, 0.2) is 53.6 Å². The molecule has 1 aromatic carbocycles. The number of amides is 1. The predicted molar refractivity (Wildman–Crippen MR) is 74.2 cm³/mol. The van der Waals surface area contributed by atoms with Crippen LogP contribution in [0, 0.1) is 0 Å². The van der Waals surface area contributed by atoms with E-state index in [2.05, 4.69) is 25.8 Å². The fraction of sp³-hybridized carbons (Fsp3) is 0. The van der Waals surface area contributed by atoms with Crippen molar-refractivity contribution in [1.29, 1.82) is 0 Å². The lowest BCUT2D eigenvalue weighted by Crippen LogP contribution is -2.17. The number of rotatable bonds is 3. The first-order valence-electron chi connectivity index (χ1n) is 6.06. The lowest BCUT2D eigenvalue weighted by Gasteiger charge is -2.06. The second kappa shape index (κ2) is 5.37. The van der Waals surface area contributed by atoms with E-state index >= 15 is 0 Å². The molecule has 2 aromatic heterocycles. The molecule has 0 aliphatic heterocycles. The highest BCUT2D eigenvalue weighted by atomic mass is 16.2. The van der Waals surface area contributed by atoms with Crippen molar-refractivity contribution in [1.82, 2.24) is 25.2 Å². The summed E-state index contributed by atoms with van der Waals surface area (Å²) in [7, 11) is 0. The number of nitrogens with one attached hydrogen (secondary N) is 2. The molecule has 3 rings (SSSR count). The number of carbonyl (C=O) groups is 1. The van der Waals surface area contributed by atoms with E-state index in [1.165, 1.54) is 29.2 Å². The monoisotopic (exact) mass is 282 g/mol. The van der Waals surface area contributed by atoms with E-state index in [1.807, 2.05) is 0 Å². The van der Waals surface area contributed by atoms with Gasteiger partial charge in [0.25, 0.3) is 5.91 Å². The Morgan fingerprint density at radius 1 is 1.19 bits per heavy atom. The summed E-state index contributed by atoms with van der Waals surface area (Å²) in [5, 5.41) is 13.6. The standard InChI is InChI=1S/C13H10N6O2/c20-12-6-2-5-11(16-12)13(21)15-9-3-1-4-10(7-9)19-8-14-17-18-19/h1-8H,(H,15,21)(H,16,20). The summed E-state index contributed by atoms with van der Waals surface area (Å²) in [6, 6.07) is 11.4. The van der Waals surface area contributed by atoms with E-state index in [0.29, 0.717) is 11.4 Å². The average Bonchev–Trinajstić information content (AvgIpc) is 3.02. The van der Waals surface area contributed by atoms with Crippen molar-refractivity contribution in [2.45, 2.75) is 0 Å². The van der Waals surface area contributed by atoms with E-state index in [9.17, 15) is 9.59 Å². The van der Waals surface area contributed by atoms with E-state index in [0.717, 1.165) is 0 Å². The topological polar surface area (TPSA) is 106 Å². The Kier molecular flexibility index (Phi) is 3.26. The third kappa shape index (κ3) is 2.84. The van der Waals surface area contributed by atoms with Gasteiger partial charge in [-0.15, -0.1) is 5.10 Å². The molecule has 8 heteroatoms. The number of benzene rings is 1. The summed E-state index contributed by atoms with van der Waals surface area (Å²) in [5.41, 5.74) is 1.14. The van der Waals surface area contributed by atoms with Crippen molar-refractivity contribution < 1.29 is 4.79 Å². The number of nitrogens with zero attached hydrogens (tertiary/aromatic N) is 4. The molecule has 0 saturated heterocycles. The third-order valence-corrected chi connectivity index (χ3v) is 2.73. The van der Waals surface area contributed by atoms with Crippen LogP contribution in [0.5, 0.6) is 0 Å². The van der Waals surface area contributed by atoms with Crippen LogP contribution in [-0.4, -0.2) is 31.1 Å². The number of carbonyl (C=O) groups excluding carboxylic acids is 1. The maximum absolute atomic E-state index is 12.0. The molecule has 0 fully saturated rings. The Hall–Kier alpha value is -3.29. The van der Waals surface area contributed by atoms with Gasteiger partial charge in [0.05, 0.1) is 5.69 Å². The summed E-state index contributed by atoms with van der Waals surface area (Å²) >= 11 is 0. The van der Waals surface area contributed by atoms with Crippen LogP contribution in [0.4, 0.5) is 5.69 Å². The molecule has 1 amide bonds. The van der Waals surface area contributed by atoms with Crippen LogP contribution in [0.2, 0.25) is 0 Å². The molecule has 0 unspecified atom stereocenters. The molecule has 0 bridgehead atoms. The largest absolute Gasteiger partial charge is 0.321 e. The predicted octanol–water partition coefficient (Wildman–Crippen LogP) is 0.603. The summed E-state index contributed by atoms with van der Waals surface area (Å²) in [5.74, 6) is -0.401. The second-order valence-electron chi connectivity index (χ2n) is 4.19. The highest BCUT2D eigenvalue weighted by Gasteiger charge is 2.07. The van der Waals surface area contributed by atoms with Crippen LogP contribution in [0.1, 0.15) is 10.5 Å². The Bertz CT molecular complexity index is 824. The van der Waals surface area contributed by atoms with Crippen molar-refractivity contribution in [2.75, 3.05) is 5.32 Å². The van der Waals surface area contributed by atoms with E-state index in [1.54, 1.807) is 24.3 Å². The van der Waals surface area contributed by atoms with Crippen molar-refractivity contribution in [3.63, 3.8) is 0 Å². The van der Waals surface area contributed by atoms with Crippen molar-refractivity contribution >= 4 is 11.6 Å². The molecule has 21 heavy (non-hydrogen) atoms. The smallest absolute Gasteiger partial charge is 0.272 e. The Labute approximate surface area is 118 Å². The molecule has 0 saturated carbocycles. The molecule has 0 atom stereocenters. The quantitative estimate of drug-likeness (QED) is 0.732. The zero-order valence-electron chi connectivity index (χ0n) is 10.7. The third-order valence-electron chi connectivity index (χ3n) is 2.73. The Balaban J connectivity index is 1.84. The molecule has 2 N–H and O–H groups in total. The number of H-pyrrole nitrogens is 1. The van der Waals surface area contributed by atoms with Gasteiger partial charge in [-0.2, -0.15) is 0 Å². The zero-order chi connectivity index (χ0) is 14.7. The summed E-state index contributed by atoms with van der Waals surface area (Å²) in [6.07, 6.45) is 1.45. The average molecular weight is 282 g/mol. The number of aromatic amines is 1. The molecule has 0 spiro atoms. The van der Waals surface area contributed by atoms with Crippen molar-refractivity contribution in [3.05, 3.63) is 64.8 Å². The van der Waals surface area contributed by atoms with Gasteiger partial charge in [0.1, 0.15) is 12.0 Å². The normalized spacial score (nSPS) is 10.3. The van der Waals surface area contributed by atoms with Gasteiger partial charge in [-0.05, 0) is 34.7 Å². The maximum Gasteiger partial charge on any atom is 0.272 e. The minimum Gasteiger partial charge on any atom is -0.321 e. The van der Waals surface area contributed by atoms with E-state index < -0.39 is 5.91 Å². The summed E-state index contributed by atoms with van der Waals surface area (Å²) in [6.45, 7) is 0. The molecule has 0 aliphatic rings. The van der Waals surface area contributed by atoms with Crippen molar-refractivity contribution in [2.24, 2.45) is 0 Å². The number of pyridine rings is 1. The van der Waals surface area contributed by atoms with E-state index in [-0.39, 0.29) is 11.3 Å². The second-order valence-corrected chi connectivity index (χ2v) is 4.19. The molecular weight excluding hydrogens is 272 g/mol. The van der Waals surface area contributed by atoms with Crippen LogP contribution in [0.25, 0.3) is 5.69 Å². The lowest BCUT2D eigenvalue weighted by atomic mass is 10.2. The number of aromatic nitrogens is 5. The van der Waals surface area contributed by atoms with Gasteiger partial charge < -0.3 is 10.3 Å². The minimum absolute atomic E-state index is 0.190. The van der Waals surface area contributed by atoms with Crippen LogP contribution < -0.4 is 10.9 Å². The van der Waals surface area contributed by atoms with Gasteiger partial charge in [-0.1, -0.05) is 12.1 Å². The fourth-order valence-corrected chi connectivity index (χ4v) is 1.78. The molecular formula is C13H10N6O2. The summed E-state index contributed by atoms with van der Waals surface area (Å²) in [4.78, 5) is 25.7. The first kappa shape index (κ1) is 12.7. The molecule has 2 heterocycles. The highest BCUT2D eigenvalue weighted by Crippen LogP contribution is 2.13. The van der Waals surface area contributed by atoms with Crippen LogP contribution >= 0.6 is 0 Å².